The predicted octanol–water partition coefficient (Wildman–Crippen LogP) is 8.93. The summed E-state index contributed by atoms with van der Waals surface area (Å²) in [5.41, 5.74) is 5.37. The summed E-state index contributed by atoms with van der Waals surface area (Å²) >= 11 is 0. The molecular formula is C50H64FN9O7. The van der Waals surface area contributed by atoms with Crippen LogP contribution in [0.4, 0.5) is 19.7 Å². The van der Waals surface area contributed by atoms with E-state index in [9.17, 15) is 19.2 Å². The van der Waals surface area contributed by atoms with Gasteiger partial charge in [-0.1, -0.05) is 39.8 Å². The van der Waals surface area contributed by atoms with Crippen molar-refractivity contribution in [2.24, 2.45) is 11.8 Å². The number of hydrogen-bond donors (Lipinski definition) is 4. The largest absolute Gasteiger partial charge is 0.485 e. The summed E-state index contributed by atoms with van der Waals surface area (Å²) in [7, 11) is 2.57. The number of carbonyl (C=O) groups excluding carboxylic acids is 4. The second-order valence-corrected chi connectivity index (χ2v) is 19.7. The van der Waals surface area contributed by atoms with Crippen molar-refractivity contribution < 1.29 is 37.8 Å². The molecule has 3 aromatic carbocycles. The molecule has 0 aliphatic carbocycles. The third kappa shape index (κ3) is 9.73. The molecule has 358 valence electrons. The molecule has 5 aromatic rings. The van der Waals surface area contributed by atoms with E-state index in [-0.39, 0.29) is 53.6 Å². The number of alkyl carbamates (subject to hydrolysis) is 2. The quantitative estimate of drug-likeness (QED) is 0.0941. The van der Waals surface area contributed by atoms with Gasteiger partial charge in [0.25, 0.3) is 0 Å². The van der Waals surface area contributed by atoms with E-state index >= 15 is 4.39 Å². The Labute approximate surface area is 390 Å². The van der Waals surface area contributed by atoms with Crippen LogP contribution in [0.5, 0.6) is 5.75 Å². The van der Waals surface area contributed by atoms with Gasteiger partial charge in [0, 0.05) is 24.8 Å². The molecule has 2 aromatic heterocycles. The third-order valence-corrected chi connectivity index (χ3v) is 13.3. The van der Waals surface area contributed by atoms with Gasteiger partial charge in [-0.05, 0) is 119 Å². The smallest absolute Gasteiger partial charge is 0.407 e. The lowest BCUT2D eigenvalue weighted by molar-refractivity contribution is -0.136. The number of rotatable bonds is 12. The number of imidazole rings is 2. The van der Waals surface area contributed by atoms with Gasteiger partial charge in [-0.15, -0.1) is 0 Å². The first-order valence-electron chi connectivity index (χ1n) is 23.5. The molecule has 6 atom stereocenters. The van der Waals surface area contributed by atoms with Crippen molar-refractivity contribution in [2.75, 3.05) is 32.2 Å². The number of benzene rings is 3. The molecule has 0 spiro atoms. The van der Waals surface area contributed by atoms with Crippen LogP contribution in [0.1, 0.15) is 134 Å². The van der Waals surface area contributed by atoms with Crippen molar-refractivity contribution >= 4 is 51.8 Å². The highest BCUT2D eigenvalue weighted by atomic mass is 19.1. The van der Waals surface area contributed by atoms with Gasteiger partial charge in [0.2, 0.25) is 11.8 Å². The molecule has 5 heterocycles. The molecule has 0 radical (unpaired) electrons. The molecule has 8 rings (SSSR count). The molecule has 0 unspecified atom stereocenters. The minimum atomic E-state index is -0.741. The Morgan fingerprint density at radius 2 is 1.13 bits per heavy atom. The van der Waals surface area contributed by atoms with Crippen molar-refractivity contribution in [3.63, 3.8) is 0 Å². The number of nitrogens with zero attached hydrogens (tertiary/aromatic N) is 5. The van der Waals surface area contributed by atoms with Crippen molar-refractivity contribution in [3.05, 3.63) is 83.2 Å². The van der Waals surface area contributed by atoms with Gasteiger partial charge in [0.15, 0.2) is 11.6 Å². The summed E-state index contributed by atoms with van der Waals surface area (Å²) in [6, 6.07) is 15.2. The summed E-state index contributed by atoms with van der Waals surface area (Å²) < 4.78 is 31.7. The number of aromatic amines is 2. The number of nitrogens with one attached hydrogen (secondary N) is 4. The van der Waals surface area contributed by atoms with Gasteiger partial charge in [0.05, 0.1) is 60.5 Å². The maximum Gasteiger partial charge on any atom is 0.407 e. The van der Waals surface area contributed by atoms with E-state index in [4.69, 9.17) is 24.2 Å². The fourth-order valence-electron chi connectivity index (χ4n) is 10.1. The van der Waals surface area contributed by atoms with Crippen molar-refractivity contribution in [3.8, 4) is 5.75 Å². The van der Waals surface area contributed by atoms with Crippen LogP contribution >= 0.6 is 0 Å². The lowest BCUT2D eigenvalue weighted by Crippen LogP contribution is -2.51. The first kappa shape index (κ1) is 47.1. The monoisotopic (exact) mass is 921 g/mol. The summed E-state index contributed by atoms with van der Waals surface area (Å²) in [5, 5.41) is 5.44. The maximum absolute atomic E-state index is 16.0. The first-order valence-corrected chi connectivity index (χ1v) is 23.5. The highest BCUT2D eigenvalue weighted by molar-refractivity contribution is 5.87. The van der Waals surface area contributed by atoms with Crippen LogP contribution in [0.2, 0.25) is 0 Å². The Hall–Kier alpha value is -6.39. The van der Waals surface area contributed by atoms with E-state index in [1.807, 2.05) is 66.7 Å². The number of fused-ring (bicyclic) bond motifs is 2. The number of ether oxygens (including phenoxy) is 3. The Bertz CT molecular complexity index is 2490. The zero-order valence-electron chi connectivity index (χ0n) is 39.9. The average molecular weight is 922 g/mol. The van der Waals surface area contributed by atoms with E-state index in [0.717, 1.165) is 71.7 Å². The third-order valence-electron chi connectivity index (χ3n) is 13.3. The van der Waals surface area contributed by atoms with Crippen LogP contribution in [0, 0.1) is 17.7 Å². The standard InChI is InChI=1S/C50H64FN9O7/c1-27(2)42(56-48(63)65-8)46(61)58-22-10-12-39(58)44-52-33-17-14-29(24-35(33)54-44)37-19-20-38(60(37)31-16-21-41(32(51)26-31)67-50(5,6)7)30-15-18-34-36(25-30)55-45(53-34)40-13-11-23-59(40)47(62)43(28(3)4)57-49(64)66-9/h14-18,21,24-28,37-40,42-43H,10-13,19-20,22-23H2,1-9H3,(H,52,54)(H,53,55)(H,56,63)(H,57,64)/t37-,38-,39+,40+,42+,43+/m1/s1. The molecule has 3 aliphatic rings. The first-order chi connectivity index (χ1) is 31.9. The van der Waals surface area contributed by atoms with Gasteiger partial charge in [0.1, 0.15) is 29.3 Å². The van der Waals surface area contributed by atoms with Crippen LogP contribution in [-0.2, 0) is 19.1 Å². The fraction of sp³-hybridized carbons (Fsp3) is 0.520. The number of methoxy groups -OCH3 is 2. The average Bonchev–Trinajstić information content (AvgIpc) is 4.15. The van der Waals surface area contributed by atoms with Crippen molar-refractivity contribution in [1.29, 1.82) is 0 Å². The lowest BCUT2D eigenvalue weighted by atomic mass is 10.0. The van der Waals surface area contributed by atoms with E-state index in [0.29, 0.717) is 30.4 Å². The predicted molar refractivity (Wildman–Crippen MR) is 252 cm³/mol. The molecule has 67 heavy (non-hydrogen) atoms. The van der Waals surface area contributed by atoms with E-state index in [1.54, 1.807) is 21.9 Å². The zero-order chi connectivity index (χ0) is 47.9. The van der Waals surface area contributed by atoms with Crippen LogP contribution < -0.4 is 20.3 Å². The molecule has 3 fully saturated rings. The Kier molecular flexibility index (Phi) is 13.4. The van der Waals surface area contributed by atoms with Crippen molar-refractivity contribution in [1.82, 2.24) is 40.4 Å². The molecule has 3 saturated heterocycles. The number of anilines is 1. The van der Waals surface area contributed by atoms with Crippen LogP contribution in [0.15, 0.2) is 54.6 Å². The highest BCUT2D eigenvalue weighted by Crippen LogP contribution is 2.48. The molecule has 4 N–H and O–H groups in total. The molecule has 0 bridgehead atoms. The summed E-state index contributed by atoms with van der Waals surface area (Å²) in [4.78, 5) is 75.1. The number of hydrogen-bond acceptors (Lipinski definition) is 10. The summed E-state index contributed by atoms with van der Waals surface area (Å²) in [6.45, 7) is 14.3. The highest BCUT2D eigenvalue weighted by Gasteiger charge is 2.41. The molecule has 17 heteroatoms. The summed E-state index contributed by atoms with van der Waals surface area (Å²) in [6.07, 6.45) is 3.31. The normalized spacial score (nSPS) is 20.8. The topological polar surface area (TPSA) is 187 Å². The van der Waals surface area contributed by atoms with E-state index in [2.05, 4.69) is 49.8 Å². The van der Waals surface area contributed by atoms with Crippen LogP contribution in [0.3, 0.4) is 0 Å². The number of amides is 4. The van der Waals surface area contributed by atoms with Gasteiger partial charge >= 0.3 is 12.2 Å². The SMILES string of the molecule is COC(=O)N[C@H](C(=O)N1CCC[C@H]1c1nc2ccc([C@H]3CC[C@H](c4ccc5nc([C@@H]6CCCN6C(=O)[C@@H](NC(=O)OC)C(C)C)[nH]c5c4)N3c3ccc(OC(C)(C)C)c(F)c3)cc2[nH]1)C(C)C. The number of aromatic nitrogens is 4. The molecule has 3 aliphatic heterocycles. The second kappa shape index (κ2) is 19.1. The number of H-pyrrole nitrogens is 2. The molecular weight excluding hydrogens is 858 g/mol. The summed E-state index contributed by atoms with van der Waals surface area (Å²) in [5.74, 6) is 0.454. The maximum atomic E-state index is 16.0. The van der Waals surface area contributed by atoms with Crippen LogP contribution in [-0.4, -0.2) is 98.7 Å². The Morgan fingerprint density at radius 3 is 1.54 bits per heavy atom. The number of carbonyl (C=O) groups is 4. The van der Waals surface area contributed by atoms with Gasteiger partial charge in [-0.3, -0.25) is 9.59 Å². The number of halogens is 1. The van der Waals surface area contributed by atoms with Gasteiger partial charge in [-0.2, -0.15) is 0 Å². The Morgan fingerprint density at radius 1 is 0.672 bits per heavy atom. The zero-order valence-corrected chi connectivity index (χ0v) is 39.9. The lowest BCUT2D eigenvalue weighted by Gasteiger charge is -2.34. The minimum absolute atomic E-state index is 0.144. The van der Waals surface area contributed by atoms with Crippen molar-refractivity contribution in [2.45, 2.75) is 129 Å². The van der Waals surface area contributed by atoms with Gasteiger partial charge in [-0.25, -0.2) is 23.9 Å². The van der Waals surface area contributed by atoms with Gasteiger partial charge < -0.3 is 49.5 Å². The van der Waals surface area contributed by atoms with Crippen LogP contribution in [0.25, 0.3) is 22.1 Å². The van der Waals surface area contributed by atoms with E-state index in [1.165, 1.54) is 14.2 Å². The Balaban J connectivity index is 1.10. The second-order valence-electron chi connectivity index (χ2n) is 19.7. The minimum Gasteiger partial charge on any atom is -0.485 e. The fourth-order valence-corrected chi connectivity index (χ4v) is 10.1. The molecule has 0 saturated carbocycles. The van der Waals surface area contributed by atoms with E-state index < -0.39 is 35.7 Å². The molecule has 4 amide bonds. The number of likely N-dealkylation sites (tertiary alicyclic amines) is 2. The molecule has 16 nitrogen and oxygen atoms in total.